The highest BCUT2D eigenvalue weighted by molar-refractivity contribution is 6.10. The first kappa shape index (κ1) is 18.7. The van der Waals surface area contributed by atoms with E-state index in [-0.39, 0.29) is 5.82 Å². The Morgan fingerprint density at radius 3 is 2.50 bits per heavy atom. The average molecular weight is 376 g/mol. The fraction of sp³-hybridized carbons (Fsp3) is 0.320. The van der Waals surface area contributed by atoms with Crippen molar-refractivity contribution in [3.05, 3.63) is 65.6 Å². The number of pyridine rings is 1. The zero-order valence-corrected chi connectivity index (χ0v) is 16.9. The summed E-state index contributed by atoms with van der Waals surface area (Å²) in [4.78, 5) is 0. The molecule has 4 aromatic rings. The van der Waals surface area contributed by atoms with Crippen molar-refractivity contribution in [3.63, 3.8) is 0 Å². The van der Waals surface area contributed by atoms with E-state index in [0.29, 0.717) is 11.1 Å². The summed E-state index contributed by atoms with van der Waals surface area (Å²) in [6.45, 7) is 4.29. The summed E-state index contributed by atoms with van der Waals surface area (Å²) < 4.78 is 23.1. The van der Waals surface area contributed by atoms with Gasteiger partial charge < -0.3 is 4.42 Å². The number of hydrogen-bond acceptors (Lipinski definition) is 1. The summed E-state index contributed by atoms with van der Waals surface area (Å²) in [5, 5.41) is 2.05. The quantitative estimate of drug-likeness (QED) is 0.272. The second-order valence-electron chi connectivity index (χ2n) is 7.65. The van der Waals surface area contributed by atoms with Gasteiger partial charge in [-0.25, -0.2) is 8.96 Å². The first-order valence-electron chi connectivity index (χ1n) is 10.2. The lowest BCUT2D eigenvalue weighted by Gasteiger charge is -2.05. The number of nitrogens with zero attached hydrogens (tertiary/aromatic N) is 1. The van der Waals surface area contributed by atoms with Crippen LogP contribution in [-0.4, -0.2) is 0 Å². The molecule has 0 fully saturated rings. The Balaban J connectivity index is 1.93. The van der Waals surface area contributed by atoms with E-state index in [2.05, 4.69) is 36.6 Å². The smallest absolute Gasteiger partial charge is 0.216 e. The number of fused-ring (bicyclic) bond motifs is 3. The number of hydrogen-bond donors (Lipinski definition) is 0. The van der Waals surface area contributed by atoms with E-state index in [1.165, 1.54) is 12.8 Å². The van der Waals surface area contributed by atoms with Crippen molar-refractivity contribution in [3.8, 4) is 11.3 Å². The van der Waals surface area contributed by atoms with Crippen LogP contribution in [0.4, 0.5) is 4.39 Å². The number of unbranched alkanes of at least 4 members (excludes halogenated alkanes) is 3. The topological polar surface area (TPSA) is 17.0 Å². The maximum atomic E-state index is 14.7. The molecule has 2 aromatic heterocycles. The molecule has 0 aliphatic carbocycles. The van der Waals surface area contributed by atoms with Crippen LogP contribution >= 0.6 is 0 Å². The third-order valence-corrected chi connectivity index (χ3v) is 5.65. The molecule has 144 valence electrons. The van der Waals surface area contributed by atoms with Crippen LogP contribution in [0.3, 0.4) is 0 Å². The van der Waals surface area contributed by atoms with Crippen LogP contribution in [0.15, 0.2) is 53.1 Å². The second kappa shape index (κ2) is 7.75. The summed E-state index contributed by atoms with van der Waals surface area (Å²) in [5.74, 6) is -0.161. The standard InChI is InChI=1S/C25H27FNO/c1-4-5-6-7-10-20-21(26)15-14-18-19-13-12-17(2)23(25(19)28-24(18)20)22-11-8-9-16-27(22)3/h8-9,11-16H,4-7,10H2,1-3H3/q+1. The van der Waals surface area contributed by atoms with Crippen molar-refractivity contribution in [1.82, 2.24) is 0 Å². The van der Waals surface area contributed by atoms with Crippen molar-refractivity contribution in [2.24, 2.45) is 7.05 Å². The average Bonchev–Trinajstić information content (AvgIpc) is 3.06. The predicted molar refractivity (Wildman–Crippen MR) is 113 cm³/mol. The summed E-state index contributed by atoms with van der Waals surface area (Å²) in [5.41, 5.74) is 5.59. The Morgan fingerprint density at radius 1 is 0.929 bits per heavy atom. The summed E-state index contributed by atoms with van der Waals surface area (Å²) >= 11 is 0. The highest BCUT2D eigenvalue weighted by atomic mass is 19.1. The van der Waals surface area contributed by atoms with Gasteiger partial charge in [-0.3, -0.25) is 0 Å². The Hall–Kier alpha value is -2.68. The van der Waals surface area contributed by atoms with Gasteiger partial charge in [-0.2, -0.15) is 0 Å². The van der Waals surface area contributed by atoms with Gasteiger partial charge in [-0.15, -0.1) is 0 Å². The van der Waals surface area contributed by atoms with Gasteiger partial charge in [0.05, 0.1) is 5.56 Å². The molecule has 3 heteroatoms. The van der Waals surface area contributed by atoms with E-state index in [1.54, 1.807) is 6.07 Å². The van der Waals surface area contributed by atoms with Gasteiger partial charge in [0.1, 0.15) is 24.0 Å². The number of benzene rings is 2. The first-order chi connectivity index (χ1) is 13.6. The number of halogens is 1. The largest absolute Gasteiger partial charge is 0.455 e. The van der Waals surface area contributed by atoms with E-state index in [1.807, 2.05) is 31.4 Å². The maximum Gasteiger partial charge on any atom is 0.216 e. The lowest BCUT2D eigenvalue weighted by Crippen LogP contribution is -2.30. The Kier molecular flexibility index (Phi) is 5.17. The van der Waals surface area contributed by atoms with Crippen LogP contribution in [0.25, 0.3) is 33.2 Å². The first-order valence-corrected chi connectivity index (χ1v) is 10.2. The monoisotopic (exact) mass is 376 g/mol. The molecule has 0 saturated carbocycles. The Labute approximate surface area is 165 Å². The zero-order valence-electron chi connectivity index (χ0n) is 16.9. The molecule has 0 N–H and O–H groups in total. The lowest BCUT2D eigenvalue weighted by molar-refractivity contribution is -0.660. The van der Waals surface area contributed by atoms with Gasteiger partial charge in [0.2, 0.25) is 5.69 Å². The molecule has 4 rings (SSSR count). The molecule has 0 aliphatic heterocycles. The SMILES string of the molecule is CCCCCCc1c(F)ccc2c1oc1c(-c3cccc[n+]3C)c(C)ccc12. The molecular formula is C25H27FNO+. The lowest BCUT2D eigenvalue weighted by atomic mass is 9.99. The van der Waals surface area contributed by atoms with Crippen LogP contribution in [0.5, 0.6) is 0 Å². The molecule has 28 heavy (non-hydrogen) atoms. The molecule has 0 aliphatic rings. The van der Waals surface area contributed by atoms with Crippen LogP contribution < -0.4 is 4.57 Å². The van der Waals surface area contributed by atoms with Crippen LogP contribution in [0, 0.1) is 12.7 Å². The normalized spacial score (nSPS) is 11.6. The van der Waals surface area contributed by atoms with E-state index >= 15 is 0 Å². The minimum absolute atomic E-state index is 0.161. The molecule has 0 spiro atoms. The molecule has 2 heterocycles. The zero-order chi connectivity index (χ0) is 19.7. The minimum atomic E-state index is -0.161. The molecule has 0 bridgehead atoms. The number of aryl methyl sites for hydroxylation is 3. The van der Waals surface area contributed by atoms with Gasteiger partial charge in [-0.1, -0.05) is 38.3 Å². The second-order valence-corrected chi connectivity index (χ2v) is 7.65. The fourth-order valence-corrected chi connectivity index (χ4v) is 4.10. The molecular weight excluding hydrogens is 349 g/mol. The molecule has 2 aromatic carbocycles. The summed E-state index contributed by atoms with van der Waals surface area (Å²) in [6, 6.07) is 13.8. The van der Waals surface area contributed by atoms with Crippen molar-refractivity contribution in [2.45, 2.75) is 46.0 Å². The van der Waals surface area contributed by atoms with Crippen LogP contribution in [0.2, 0.25) is 0 Å². The van der Waals surface area contributed by atoms with Crippen molar-refractivity contribution in [1.29, 1.82) is 0 Å². The summed E-state index contributed by atoms with van der Waals surface area (Å²) in [6.07, 6.45) is 7.22. The van der Waals surface area contributed by atoms with E-state index in [4.69, 9.17) is 4.42 Å². The number of furan rings is 1. The van der Waals surface area contributed by atoms with Gasteiger partial charge in [0, 0.05) is 28.5 Å². The van der Waals surface area contributed by atoms with Crippen LogP contribution in [0.1, 0.15) is 43.7 Å². The summed E-state index contributed by atoms with van der Waals surface area (Å²) in [7, 11) is 2.04. The fourth-order valence-electron chi connectivity index (χ4n) is 4.10. The third kappa shape index (κ3) is 3.19. The van der Waals surface area contributed by atoms with Gasteiger partial charge in [-0.05, 0) is 43.5 Å². The van der Waals surface area contributed by atoms with Crippen molar-refractivity contribution >= 4 is 21.9 Å². The van der Waals surface area contributed by atoms with Crippen LogP contribution in [-0.2, 0) is 13.5 Å². The van der Waals surface area contributed by atoms with Crippen molar-refractivity contribution in [2.75, 3.05) is 0 Å². The van der Waals surface area contributed by atoms with E-state index < -0.39 is 0 Å². The highest BCUT2D eigenvalue weighted by Gasteiger charge is 2.22. The minimum Gasteiger partial charge on any atom is -0.455 e. The predicted octanol–water partition coefficient (Wildman–Crippen LogP) is 6.65. The van der Waals surface area contributed by atoms with E-state index in [9.17, 15) is 4.39 Å². The van der Waals surface area contributed by atoms with Gasteiger partial charge >= 0.3 is 0 Å². The van der Waals surface area contributed by atoms with E-state index in [0.717, 1.165) is 52.4 Å². The molecule has 2 nitrogen and oxygen atoms in total. The molecule has 0 amide bonds. The highest BCUT2D eigenvalue weighted by Crippen LogP contribution is 2.38. The maximum absolute atomic E-state index is 14.7. The Morgan fingerprint density at radius 2 is 1.71 bits per heavy atom. The molecule has 0 unspecified atom stereocenters. The number of aromatic nitrogens is 1. The molecule has 0 radical (unpaired) electrons. The van der Waals surface area contributed by atoms with Gasteiger partial charge in [0.25, 0.3) is 0 Å². The third-order valence-electron chi connectivity index (χ3n) is 5.65. The molecule has 0 saturated heterocycles. The van der Waals surface area contributed by atoms with Gasteiger partial charge in [0.15, 0.2) is 6.20 Å². The van der Waals surface area contributed by atoms with Crippen molar-refractivity contribution < 1.29 is 13.4 Å². The molecule has 0 atom stereocenters. The number of rotatable bonds is 6. The Bertz CT molecular complexity index is 1140.